The highest BCUT2D eigenvalue weighted by atomic mass is 16.5. The zero-order valence-corrected chi connectivity index (χ0v) is 19.2. The van der Waals surface area contributed by atoms with Crippen molar-refractivity contribution in [1.82, 2.24) is 15.3 Å². The van der Waals surface area contributed by atoms with Gasteiger partial charge in [-0.15, -0.1) is 0 Å². The number of nitrogens with zero attached hydrogens (tertiary/aromatic N) is 3. The van der Waals surface area contributed by atoms with Gasteiger partial charge in [0.1, 0.15) is 0 Å². The van der Waals surface area contributed by atoms with Gasteiger partial charge >= 0.3 is 0 Å². The van der Waals surface area contributed by atoms with Crippen LogP contribution in [0.25, 0.3) is 11.3 Å². The highest BCUT2D eigenvalue weighted by molar-refractivity contribution is 5.91. The minimum atomic E-state index is 0.0420. The Kier molecular flexibility index (Phi) is 6.97. The molecule has 1 atom stereocenters. The maximum absolute atomic E-state index is 12.3. The molecule has 0 saturated carbocycles. The van der Waals surface area contributed by atoms with Crippen LogP contribution >= 0.6 is 0 Å². The number of morpholine rings is 1. The SMILES string of the molecule is O=C(C[C@@H]1CCCN1)Nc1ccc(-c2ccnc(Nc3ccc(N4CCOCC4)cc3)n2)cc1. The molecule has 1 amide bonds. The number of hydrogen-bond acceptors (Lipinski definition) is 7. The zero-order valence-electron chi connectivity index (χ0n) is 19.2. The van der Waals surface area contributed by atoms with Gasteiger partial charge in [0.25, 0.3) is 0 Å². The average molecular weight is 459 g/mol. The van der Waals surface area contributed by atoms with Gasteiger partial charge in [-0.3, -0.25) is 4.79 Å². The van der Waals surface area contributed by atoms with Crippen LogP contribution in [-0.4, -0.2) is 54.8 Å². The maximum Gasteiger partial charge on any atom is 0.227 e. The summed E-state index contributed by atoms with van der Waals surface area (Å²) in [6.07, 6.45) is 4.46. The second kappa shape index (κ2) is 10.6. The van der Waals surface area contributed by atoms with Crippen molar-refractivity contribution < 1.29 is 9.53 Å². The van der Waals surface area contributed by atoms with E-state index < -0.39 is 0 Å². The standard InChI is InChI=1S/C26H30N6O2/c33-25(18-22-2-1-12-27-22)29-20-5-3-19(4-6-20)24-11-13-28-26(31-24)30-21-7-9-23(10-8-21)32-14-16-34-17-15-32/h3-11,13,22,27H,1-2,12,14-18H2,(H,29,33)(H,28,30,31)/t22-/m0/s1. The van der Waals surface area contributed by atoms with Gasteiger partial charge in [-0.2, -0.15) is 0 Å². The highest BCUT2D eigenvalue weighted by Gasteiger charge is 2.17. The molecule has 3 heterocycles. The smallest absolute Gasteiger partial charge is 0.227 e. The Morgan fingerprint density at radius 1 is 1.03 bits per heavy atom. The summed E-state index contributed by atoms with van der Waals surface area (Å²) < 4.78 is 5.43. The lowest BCUT2D eigenvalue weighted by molar-refractivity contribution is -0.116. The fourth-order valence-electron chi connectivity index (χ4n) is 4.38. The minimum Gasteiger partial charge on any atom is -0.378 e. The molecule has 0 bridgehead atoms. The number of rotatable bonds is 7. The molecule has 2 saturated heterocycles. The first-order valence-corrected chi connectivity index (χ1v) is 11.9. The van der Waals surface area contributed by atoms with E-state index in [-0.39, 0.29) is 5.91 Å². The zero-order chi connectivity index (χ0) is 23.2. The molecule has 0 unspecified atom stereocenters. The van der Waals surface area contributed by atoms with Gasteiger partial charge in [0.15, 0.2) is 0 Å². The Hall–Kier alpha value is -3.49. The van der Waals surface area contributed by atoms with Crippen LogP contribution in [-0.2, 0) is 9.53 Å². The van der Waals surface area contributed by atoms with Crippen molar-refractivity contribution in [3.8, 4) is 11.3 Å². The van der Waals surface area contributed by atoms with Crippen LogP contribution in [0.1, 0.15) is 19.3 Å². The van der Waals surface area contributed by atoms with E-state index in [1.807, 2.05) is 42.5 Å². The average Bonchev–Trinajstić information content (AvgIpc) is 3.39. The third-order valence-corrected chi connectivity index (χ3v) is 6.21. The van der Waals surface area contributed by atoms with Crippen LogP contribution in [0.2, 0.25) is 0 Å². The number of hydrogen-bond donors (Lipinski definition) is 3. The first-order valence-electron chi connectivity index (χ1n) is 11.9. The molecule has 0 spiro atoms. The van der Waals surface area contributed by atoms with Crippen LogP contribution in [0.4, 0.5) is 23.0 Å². The van der Waals surface area contributed by atoms with Gasteiger partial charge in [-0.05, 0) is 61.9 Å². The third-order valence-electron chi connectivity index (χ3n) is 6.21. The van der Waals surface area contributed by atoms with Gasteiger partial charge in [0, 0.05) is 54.4 Å². The first kappa shape index (κ1) is 22.3. The molecule has 34 heavy (non-hydrogen) atoms. The highest BCUT2D eigenvalue weighted by Crippen LogP contribution is 2.23. The second-order valence-electron chi connectivity index (χ2n) is 8.66. The topological polar surface area (TPSA) is 91.4 Å². The number of aromatic nitrogens is 2. The van der Waals surface area contributed by atoms with Gasteiger partial charge < -0.3 is 25.6 Å². The van der Waals surface area contributed by atoms with Gasteiger partial charge in [-0.25, -0.2) is 9.97 Å². The number of amides is 1. The quantitative estimate of drug-likeness (QED) is 0.496. The summed E-state index contributed by atoms with van der Waals surface area (Å²) in [5.74, 6) is 0.582. The molecular weight excluding hydrogens is 428 g/mol. The van der Waals surface area contributed by atoms with E-state index in [4.69, 9.17) is 4.74 Å². The molecule has 176 valence electrons. The molecule has 2 fully saturated rings. The van der Waals surface area contributed by atoms with Crippen molar-refractivity contribution in [1.29, 1.82) is 0 Å². The minimum absolute atomic E-state index is 0.0420. The van der Waals surface area contributed by atoms with Gasteiger partial charge in [-0.1, -0.05) is 12.1 Å². The van der Waals surface area contributed by atoms with Crippen molar-refractivity contribution in [3.05, 3.63) is 60.8 Å². The molecule has 2 aliphatic heterocycles. The van der Waals surface area contributed by atoms with Gasteiger partial charge in [0.2, 0.25) is 11.9 Å². The Bertz CT molecular complexity index is 1090. The molecule has 2 aromatic carbocycles. The molecule has 1 aromatic heterocycles. The molecule has 8 nitrogen and oxygen atoms in total. The van der Waals surface area contributed by atoms with Crippen LogP contribution < -0.4 is 20.9 Å². The Labute approximate surface area is 199 Å². The van der Waals surface area contributed by atoms with E-state index in [1.54, 1.807) is 6.20 Å². The van der Waals surface area contributed by atoms with Crippen molar-refractivity contribution in [2.45, 2.75) is 25.3 Å². The molecule has 3 aromatic rings. The fraction of sp³-hybridized carbons (Fsp3) is 0.346. The normalized spacial score (nSPS) is 18.0. The lowest BCUT2D eigenvalue weighted by Crippen LogP contribution is -2.36. The number of anilines is 4. The molecule has 8 heteroatoms. The largest absolute Gasteiger partial charge is 0.378 e. The molecule has 0 aliphatic carbocycles. The van der Waals surface area contributed by atoms with E-state index in [0.717, 1.165) is 68.3 Å². The molecule has 0 radical (unpaired) electrons. The number of carbonyl (C=O) groups excluding carboxylic acids is 1. The molecule has 3 N–H and O–H groups in total. The number of carbonyl (C=O) groups is 1. The van der Waals surface area contributed by atoms with Crippen LogP contribution in [0, 0.1) is 0 Å². The molecule has 5 rings (SSSR count). The van der Waals surface area contributed by atoms with E-state index in [0.29, 0.717) is 18.4 Å². The fourth-order valence-corrected chi connectivity index (χ4v) is 4.38. The molecule has 2 aliphatic rings. The summed E-state index contributed by atoms with van der Waals surface area (Å²) in [7, 11) is 0. The summed E-state index contributed by atoms with van der Waals surface area (Å²) in [5, 5.41) is 9.63. The second-order valence-corrected chi connectivity index (χ2v) is 8.66. The van der Waals surface area contributed by atoms with Crippen LogP contribution in [0.3, 0.4) is 0 Å². The summed E-state index contributed by atoms with van der Waals surface area (Å²) in [5.41, 5.74) is 4.69. The predicted molar refractivity (Wildman–Crippen MR) is 134 cm³/mol. The summed E-state index contributed by atoms with van der Waals surface area (Å²) in [4.78, 5) is 23.6. The first-order chi connectivity index (χ1) is 16.7. The van der Waals surface area contributed by atoms with E-state index in [1.165, 1.54) is 5.69 Å². The number of benzene rings is 2. The van der Waals surface area contributed by atoms with Crippen molar-refractivity contribution in [2.75, 3.05) is 48.4 Å². The lowest BCUT2D eigenvalue weighted by atomic mass is 10.1. The predicted octanol–water partition coefficient (Wildman–Crippen LogP) is 3.80. The van der Waals surface area contributed by atoms with E-state index in [2.05, 4.69) is 43.0 Å². The van der Waals surface area contributed by atoms with Crippen molar-refractivity contribution in [2.24, 2.45) is 0 Å². The summed E-state index contributed by atoms with van der Waals surface area (Å²) >= 11 is 0. The summed E-state index contributed by atoms with van der Waals surface area (Å²) in [6.45, 7) is 4.37. The summed E-state index contributed by atoms with van der Waals surface area (Å²) in [6, 6.07) is 18.2. The number of nitrogens with one attached hydrogen (secondary N) is 3. The van der Waals surface area contributed by atoms with Gasteiger partial charge in [0.05, 0.1) is 18.9 Å². The maximum atomic E-state index is 12.3. The van der Waals surface area contributed by atoms with Crippen molar-refractivity contribution >= 4 is 28.9 Å². The van der Waals surface area contributed by atoms with Crippen LogP contribution in [0.5, 0.6) is 0 Å². The third kappa shape index (κ3) is 5.70. The Balaban J connectivity index is 1.20. The van der Waals surface area contributed by atoms with Crippen LogP contribution in [0.15, 0.2) is 60.8 Å². The molecular formula is C26H30N6O2. The van der Waals surface area contributed by atoms with E-state index in [9.17, 15) is 4.79 Å². The lowest BCUT2D eigenvalue weighted by Gasteiger charge is -2.28. The monoisotopic (exact) mass is 458 g/mol. The Morgan fingerprint density at radius 3 is 2.53 bits per heavy atom. The van der Waals surface area contributed by atoms with Crippen molar-refractivity contribution in [3.63, 3.8) is 0 Å². The number of ether oxygens (including phenoxy) is 1. The Morgan fingerprint density at radius 2 is 1.79 bits per heavy atom. The van der Waals surface area contributed by atoms with E-state index >= 15 is 0 Å².